The highest BCUT2D eigenvalue weighted by atomic mass is 16.5. The van der Waals surface area contributed by atoms with Crippen LogP contribution < -0.4 is 20.7 Å². The molecule has 158 valence electrons. The van der Waals surface area contributed by atoms with Gasteiger partial charge in [0.2, 0.25) is 0 Å². The molecule has 0 radical (unpaired) electrons. The lowest BCUT2D eigenvalue weighted by Gasteiger charge is -2.42. The van der Waals surface area contributed by atoms with Crippen LogP contribution in [-0.2, 0) is 15.1 Å². The summed E-state index contributed by atoms with van der Waals surface area (Å²) in [6.07, 6.45) is 1.75. The largest absolute Gasteiger partial charge is 0.497 e. The van der Waals surface area contributed by atoms with Crippen LogP contribution in [0.5, 0.6) is 5.75 Å². The van der Waals surface area contributed by atoms with E-state index in [1.54, 1.807) is 7.11 Å². The number of imide groups is 1. The highest BCUT2D eigenvalue weighted by molar-refractivity contribution is 6.18. The van der Waals surface area contributed by atoms with Gasteiger partial charge in [-0.2, -0.15) is 0 Å². The third-order valence-electron chi connectivity index (χ3n) is 7.42. The van der Waals surface area contributed by atoms with E-state index in [1.807, 2.05) is 48.5 Å². The number of rotatable bonds is 2. The number of anilines is 1. The van der Waals surface area contributed by atoms with Crippen molar-refractivity contribution in [1.82, 2.24) is 15.5 Å². The van der Waals surface area contributed by atoms with Gasteiger partial charge in [-0.1, -0.05) is 30.3 Å². The molecule has 0 aliphatic carbocycles. The van der Waals surface area contributed by atoms with Crippen molar-refractivity contribution >= 4 is 23.5 Å². The van der Waals surface area contributed by atoms with Gasteiger partial charge in [0.15, 0.2) is 11.1 Å². The van der Waals surface area contributed by atoms with Gasteiger partial charge >= 0.3 is 6.03 Å². The number of fused-ring (bicyclic) bond motifs is 5. The molecule has 1 unspecified atom stereocenters. The van der Waals surface area contributed by atoms with Gasteiger partial charge in [-0.15, -0.1) is 0 Å². The lowest BCUT2D eigenvalue weighted by Crippen LogP contribution is -2.68. The second-order valence-electron chi connectivity index (χ2n) is 8.58. The Hall–Kier alpha value is -3.39. The molecule has 4 aliphatic rings. The predicted octanol–water partition coefficient (Wildman–Crippen LogP) is 1.68. The summed E-state index contributed by atoms with van der Waals surface area (Å²) in [5.74, 6) is -0.421. The zero-order chi connectivity index (χ0) is 21.4. The highest BCUT2D eigenvalue weighted by Crippen LogP contribution is 2.63. The lowest BCUT2D eigenvalue weighted by atomic mass is 9.65. The summed E-state index contributed by atoms with van der Waals surface area (Å²) in [5, 5.41) is 8.39. The molecule has 8 nitrogen and oxygen atoms in total. The molecular formula is C23H22N4O4. The first-order valence-electron chi connectivity index (χ1n) is 10.5. The fraction of sp³-hybridized carbons (Fsp3) is 0.348. The van der Waals surface area contributed by atoms with Crippen LogP contribution >= 0.6 is 0 Å². The van der Waals surface area contributed by atoms with Crippen LogP contribution in [0.25, 0.3) is 0 Å². The van der Waals surface area contributed by atoms with E-state index >= 15 is 0 Å². The number of carbonyl (C=O) groups excluding carboxylic acids is 3. The maximum atomic E-state index is 13.8. The van der Waals surface area contributed by atoms with Gasteiger partial charge in [-0.05, 0) is 43.1 Å². The van der Waals surface area contributed by atoms with Crippen molar-refractivity contribution in [3.05, 3.63) is 59.7 Å². The van der Waals surface area contributed by atoms with Crippen molar-refractivity contribution in [2.45, 2.75) is 35.9 Å². The Bertz CT molecular complexity index is 1130. The molecule has 4 atom stereocenters. The number of amides is 4. The van der Waals surface area contributed by atoms with E-state index in [0.717, 1.165) is 24.0 Å². The average molecular weight is 418 g/mol. The minimum Gasteiger partial charge on any atom is -0.497 e. The van der Waals surface area contributed by atoms with Gasteiger partial charge in [0.05, 0.1) is 7.11 Å². The van der Waals surface area contributed by atoms with E-state index in [9.17, 15) is 14.4 Å². The third-order valence-corrected chi connectivity index (χ3v) is 7.42. The van der Waals surface area contributed by atoms with Crippen molar-refractivity contribution in [1.29, 1.82) is 0 Å². The molecule has 31 heavy (non-hydrogen) atoms. The standard InChI is InChI=1S/C23H22N4O4/c1-31-14-10-8-13(9-11-14)18-17-7-4-12-27(17)23(22(18)19(28)25-21(30)26-22)15-5-2-3-6-16(15)24-20(23)29/h2-3,5-6,8-11,17-18H,4,7,12H2,1H3,(H,24,29)(H2,25,26,28,30)/t17-,18?,22+,23-/m1/s1. The molecular weight excluding hydrogens is 396 g/mol. The summed E-state index contributed by atoms with van der Waals surface area (Å²) in [5.41, 5.74) is -0.460. The number of nitrogens with zero attached hydrogens (tertiary/aromatic N) is 1. The van der Waals surface area contributed by atoms with Crippen molar-refractivity contribution in [3.8, 4) is 5.75 Å². The van der Waals surface area contributed by atoms with Crippen LogP contribution in [0.2, 0.25) is 0 Å². The van der Waals surface area contributed by atoms with Gasteiger partial charge < -0.3 is 15.4 Å². The molecule has 4 heterocycles. The Balaban J connectivity index is 1.66. The highest BCUT2D eigenvalue weighted by Gasteiger charge is 2.80. The van der Waals surface area contributed by atoms with E-state index in [0.29, 0.717) is 18.0 Å². The number of nitrogens with one attached hydrogen (secondary N) is 3. The van der Waals surface area contributed by atoms with E-state index in [1.165, 1.54) is 0 Å². The Morgan fingerprint density at radius 3 is 2.48 bits per heavy atom. The third kappa shape index (κ3) is 2.01. The topological polar surface area (TPSA) is 99.8 Å². The molecule has 3 N–H and O–H groups in total. The van der Waals surface area contributed by atoms with Crippen LogP contribution in [0, 0.1) is 0 Å². The molecule has 3 fully saturated rings. The van der Waals surface area contributed by atoms with Gasteiger partial charge in [0.25, 0.3) is 11.8 Å². The number of methoxy groups -OCH3 is 1. The van der Waals surface area contributed by atoms with Crippen molar-refractivity contribution in [2.75, 3.05) is 19.0 Å². The minimum absolute atomic E-state index is 0.0746. The first kappa shape index (κ1) is 18.4. The van der Waals surface area contributed by atoms with Crippen LogP contribution in [0.3, 0.4) is 0 Å². The van der Waals surface area contributed by atoms with Gasteiger partial charge in [-0.3, -0.25) is 19.8 Å². The van der Waals surface area contributed by atoms with E-state index in [4.69, 9.17) is 4.74 Å². The van der Waals surface area contributed by atoms with Crippen LogP contribution in [0.4, 0.5) is 10.5 Å². The van der Waals surface area contributed by atoms with E-state index in [-0.39, 0.29) is 11.9 Å². The van der Waals surface area contributed by atoms with Gasteiger partial charge in [-0.25, -0.2) is 4.79 Å². The van der Waals surface area contributed by atoms with Gasteiger partial charge in [0.1, 0.15) is 5.75 Å². The number of para-hydroxylation sites is 1. The Kier molecular flexibility index (Phi) is 3.60. The first-order valence-corrected chi connectivity index (χ1v) is 10.5. The summed E-state index contributed by atoms with van der Waals surface area (Å²) in [6, 6.07) is 14.4. The van der Waals surface area contributed by atoms with E-state index < -0.39 is 28.9 Å². The molecule has 0 aromatic heterocycles. The zero-order valence-corrected chi connectivity index (χ0v) is 17.0. The molecule has 3 saturated heterocycles. The van der Waals surface area contributed by atoms with Crippen LogP contribution in [-0.4, -0.2) is 48.0 Å². The summed E-state index contributed by atoms with van der Waals surface area (Å²) in [7, 11) is 1.60. The van der Waals surface area contributed by atoms with Crippen LogP contribution in [0.15, 0.2) is 48.5 Å². The first-order chi connectivity index (χ1) is 15.0. The molecule has 4 aliphatic heterocycles. The summed E-state index contributed by atoms with van der Waals surface area (Å²) in [6.45, 7) is 0.671. The number of carbonyl (C=O) groups is 3. The zero-order valence-electron chi connectivity index (χ0n) is 17.0. The fourth-order valence-electron chi connectivity index (χ4n) is 6.44. The molecule has 8 heteroatoms. The molecule has 0 bridgehead atoms. The summed E-state index contributed by atoms with van der Waals surface area (Å²) < 4.78 is 5.31. The van der Waals surface area contributed by atoms with Gasteiger partial charge in [0, 0.05) is 23.2 Å². The predicted molar refractivity (Wildman–Crippen MR) is 112 cm³/mol. The van der Waals surface area contributed by atoms with Crippen molar-refractivity contribution in [3.63, 3.8) is 0 Å². The quantitative estimate of drug-likeness (QED) is 0.645. The number of hydrogen-bond donors (Lipinski definition) is 3. The molecule has 2 spiro atoms. The summed E-state index contributed by atoms with van der Waals surface area (Å²) >= 11 is 0. The lowest BCUT2D eigenvalue weighted by molar-refractivity contribution is -0.138. The number of benzene rings is 2. The second kappa shape index (κ2) is 6.07. The smallest absolute Gasteiger partial charge is 0.322 e. The maximum Gasteiger partial charge on any atom is 0.322 e. The molecule has 2 aromatic carbocycles. The molecule has 2 aromatic rings. The van der Waals surface area contributed by atoms with Crippen LogP contribution in [0.1, 0.15) is 29.9 Å². The monoisotopic (exact) mass is 418 g/mol. The van der Waals surface area contributed by atoms with Crippen molar-refractivity contribution < 1.29 is 19.1 Å². The Morgan fingerprint density at radius 2 is 1.77 bits per heavy atom. The molecule has 6 rings (SSSR count). The molecule has 4 amide bonds. The average Bonchev–Trinajstić information content (AvgIpc) is 3.48. The Morgan fingerprint density at radius 1 is 1.00 bits per heavy atom. The Labute approximate surface area is 178 Å². The second-order valence-corrected chi connectivity index (χ2v) is 8.58. The number of urea groups is 1. The fourth-order valence-corrected chi connectivity index (χ4v) is 6.44. The normalized spacial score (nSPS) is 33.4. The number of ether oxygens (including phenoxy) is 1. The summed E-state index contributed by atoms with van der Waals surface area (Å²) in [4.78, 5) is 42.1. The molecule has 0 saturated carbocycles. The van der Waals surface area contributed by atoms with E-state index in [2.05, 4.69) is 20.9 Å². The van der Waals surface area contributed by atoms with Crippen molar-refractivity contribution in [2.24, 2.45) is 0 Å². The SMILES string of the molecule is COc1ccc(C2[C@H]3CCCN3[C@]3(C(=O)Nc4ccccc43)[C@]23NC(=O)NC3=O)cc1. The minimum atomic E-state index is -1.46. The number of hydrogen-bond acceptors (Lipinski definition) is 5. The maximum absolute atomic E-state index is 13.8.